The zero-order valence-corrected chi connectivity index (χ0v) is 23.1. The van der Waals surface area contributed by atoms with Crippen LogP contribution in [0.15, 0.2) is 36.4 Å². The number of anilines is 1. The van der Waals surface area contributed by atoms with Crippen molar-refractivity contribution in [3.8, 4) is 17.6 Å². The van der Waals surface area contributed by atoms with Crippen molar-refractivity contribution in [2.75, 3.05) is 12.0 Å². The molecule has 0 bridgehead atoms. The highest BCUT2D eigenvalue weighted by atomic mass is 35.5. The number of carbonyl (C=O) groups is 1. The standard InChI is InChI=1S/C28H29BClF3N2O4/c1-25(2)26(3,4)39-29(38-25)21-15-23-20(14-22(21)30)27(28(31,32)33,13-12-17-6-7-17)34-24(36)35(23)16-18-8-10-19(37-5)11-9-18/h8-11,14-15,17H,6-7,16H2,1-5H3,(H,34,36). The molecule has 0 radical (unpaired) electrons. The molecule has 1 aliphatic carbocycles. The fourth-order valence-corrected chi connectivity index (χ4v) is 4.81. The van der Waals surface area contributed by atoms with E-state index < -0.39 is 36.1 Å². The van der Waals surface area contributed by atoms with Crippen LogP contribution in [0.3, 0.4) is 0 Å². The van der Waals surface area contributed by atoms with E-state index in [1.54, 1.807) is 24.3 Å². The van der Waals surface area contributed by atoms with E-state index in [4.69, 9.17) is 25.6 Å². The van der Waals surface area contributed by atoms with E-state index in [1.807, 2.05) is 27.7 Å². The van der Waals surface area contributed by atoms with Gasteiger partial charge >= 0.3 is 19.3 Å². The van der Waals surface area contributed by atoms with Crippen molar-refractivity contribution in [1.82, 2.24) is 5.32 Å². The van der Waals surface area contributed by atoms with Gasteiger partial charge in [0.05, 0.1) is 30.5 Å². The van der Waals surface area contributed by atoms with E-state index in [2.05, 4.69) is 17.2 Å². The molecule has 11 heteroatoms. The van der Waals surface area contributed by atoms with Gasteiger partial charge < -0.3 is 19.4 Å². The normalized spacial score (nSPS) is 23.6. The van der Waals surface area contributed by atoms with Crippen molar-refractivity contribution < 1.29 is 32.0 Å². The van der Waals surface area contributed by atoms with Crippen molar-refractivity contribution in [3.63, 3.8) is 0 Å². The molecule has 206 valence electrons. The van der Waals surface area contributed by atoms with E-state index in [0.29, 0.717) is 16.8 Å². The summed E-state index contributed by atoms with van der Waals surface area (Å²) in [6.07, 6.45) is -3.46. The van der Waals surface area contributed by atoms with E-state index in [1.165, 1.54) is 24.1 Å². The molecule has 2 aromatic rings. The van der Waals surface area contributed by atoms with Crippen molar-refractivity contribution in [2.45, 2.75) is 70.0 Å². The van der Waals surface area contributed by atoms with Gasteiger partial charge in [-0.25, -0.2) is 4.79 Å². The van der Waals surface area contributed by atoms with Crippen LogP contribution in [0.2, 0.25) is 5.02 Å². The molecule has 1 saturated heterocycles. The molecule has 2 fully saturated rings. The monoisotopic (exact) mass is 560 g/mol. The fraction of sp³-hybridized carbons (Fsp3) is 0.464. The van der Waals surface area contributed by atoms with Crippen LogP contribution >= 0.6 is 11.6 Å². The van der Waals surface area contributed by atoms with Crippen LogP contribution in [-0.2, 0) is 21.4 Å². The average molecular weight is 561 g/mol. The Hall–Kier alpha value is -2.87. The van der Waals surface area contributed by atoms with Crippen LogP contribution in [0.5, 0.6) is 5.75 Å². The topological polar surface area (TPSA) is 60.0 Å². The van der Waals surface area contributed by atoms with Gasteiger partial charge in [0.2, 0.25) is 5.54 Å². The number of nitrogens with zero attached hydrogens (tertiary/aromatic N) is 1. The molecule has 2 amide bonds. The van der Waals surface area contributed by atoms with Crippen molar-refractivity contribution in [2.24, 2.45) is 5.92 Å². The molecule has 1 unspecified atom stereocenters. The maximum absolute atomic E-state index is 14.9. The molecular formula is C28H29BClF3N2O4. The molecule has 1 saturated carbocycles. The molecule has 6 nitrogen and oxygen atoms in total. The summed E-state index contributed by atoms with van der Waals surface area (Å²) in [5.41, 5.74) is -3.53. The lowest BCUT2D eigenvalue weighted by molar-refractivity contribution is -0.179. The third-order valence-electron chi connectivity index (χ3n) is 7.82. The Morgan fingerprint density at radius 3 is 2.28 bits per heavy atom. The Labute approximate surface area is 231 Å². The lowest BCUT2D eigenvalue weighted by Crippen LogP contribution is -2.62. The Balaban J connectivity index is 1.67. The first-order chi connectivity index (χ1) is 18.2. The molecule has 1 N–H and O–H groups in total. The van der Waals surface area contributed by atoms with Gasteiger partial charge in [-0.2, -0.15) is 13.2 Å². The van der Waals surface area contributed by atoms with Gasteiger partial charge in [-0.05, 0) is 70.4 Å². The number of ether oxygens (including phenoxy) is 1. The fourth-order valence-electron chi connectivity index (χ4n) is 4.56. The molecule has 0 spiro atoms. The summed E-state index contributed by atoms with van der Waals surface area (Å²) >= 11 is 6.64. The maximum atomic E-state index is 14.9. The van der Waals surface area contributed by atoms with E-state index in [9.17, 15) is 18.0 Å². The number of nitrogens with one attached hydrogen (secondary N) is 1. The Kier molecular flexibility index (Phi) is 6.65. The highest BCUT2D eigenvalue weighted by Gasteiger charge is 2.61. The number of halogens is 4. The van der Waals surface area contributed by atoms with Crippen molar-refractivity contribution in [3.05, 3.63) is 52.5 Å². The second-order valence-electron chi connectivity index (χ2n) is 11.1. The van der Waals surface area contributed by atoms with Crippen LogP contribution in [0, 0.1) is 17.8 Å². The molecule has 2 aliphatic heterocycles. The molecule has 2 aromatic carbocycles. The highest BCUT2D eigenvalue weighted by Crippen LogP contribution is 2.47. The Morgan fingerprint density at radius 1 is 1.13 bits per heavy atom. The second-order valence-corrected chi connectivity index (χ2v) is 11.5. The minimum atomic E-state index is -4.92. The summed E-state index contributed by atoms with van der Waals surface area (Å²) in [5, 5.41) is 2.21. The smallest absolute Gasteiger partial charge is 0.496 e. The van der Waals surface area contributed by atoms with Crippen LogP contribution in [0.25, 0.3) is 0 Å². The number of hydrogen-bond donors (Lipinski definition) is 1. The van der Waals surface area contributed by atoms with Crippen LogP contribution in [0.4, 0.5) is 23.7 Å². The first kappa shape index (κ1) is 27.7. The zero-order chi connectivity index (χ0) is 28.4. The third-order valence-corrected chi connectivity index (χ3v) is 8.15. The average Bonchev–Trinajstić information content (AvgIpc) is 3.64. The number of benzene rings is 2. The van der Waals surface area contributed by atoms with Gasteiger partial charge in [0.1, 0.15) is 5.75 Å². The van der Waals surface area contributed by atoms with Crippen LogP contribution in [-0.4, -0.2) is 37.6 Å². The molecule has 5 rings (SSSR count). The van der Waals surface area contributed by atoms with Gasteiger partial charge in [-0.1, -0.05) is 35.6 Å². The number of rotatable bonds is 4. The quantitative estimate of drug-likeness (QED) is 0.394. The molecule has 3 aliphatic rings. The first-order valence-electron chi connectivity index (χ1n) is 12.7. The largest absolute Gasteiger partial charge is 0.497 e. The summed E-state index contributed by atoms with van der Waals surface area (Å²) in [5.74, 6) is 5.60. The minimum absolute atomic E-state index is 0.00272. The number of urea groups is 1. The summed E-state index contributed by atoms with van der Waals surface area (Å²) in [4.78, 5) is 14.7. The Bertz CT molecular complexity index is 1350. The van der Waals surface area contributed by atoms with Gasteiger partial charge in [-0.3, -0.25) is 4.90 Å². The van der Waals surface area contributed by atoms with Gasteiger partial charge in [0, 0.05) is 22.0 Å². The number of amides is 2. The number of carbonyl (C=O) groups excluding carboxylic acids is 1. The predicted molar refractivity (Wildman–Crippen MR) is 143 cm³/mol. The molecular weight excluding hydrogens is 532 g/mol. The van der Waals surface area contributed by atoms with Gasteiger partial charge in [-0.15, -0.1) is 0 Å². The number of hydrogen-bond acceptors (Lipinski definition) is 4. The molecule has 1 atom stereocenters. The molecule has 2 heterocycles. The summed E-state index contributed by atoms with van der Waals surface area (Å²) in [6.45, 7) is 7.46. The van der Waals surface area contributed by atoms with E-state index >= 15 is 0 Å². The summed E-state index contributed by atoms with van der Waals surface area (Å²) in [6, 6.07) is 8.69. The lowest BCUT2D eigenvalue weighted by atomic mass is 9.75. The lowest BCUT2D eigenvalue weighted by Gasteiger charge is -2.42. The number of methoxy groups -OCH3 is 1. The first-order valence-corrected chi connectivity index (χ1v) is 13.1. The van der Waals surface area contributed by atoms with Crippen LogP contribution in [0.1, 0.15) is 51.7 Å². The maximum Gasteiger partial charge on any atom is 0.496 e. The molecule has 0 aromatic heterocycles. The van der Waals surface area contributed by atoms with E-state index in [0.717, 1.165) is 12.8 Å². The van der Waals surface area contributed by atoms with Gasteiger partial charge in [0.25, 0.3) is 0 Å². The van der Waals surface area contributed by atoms with Gasteiger partial charge in [0.15, 0.2) is 0 Å². The second kappa shape index (κ2) is 9.36. The number of fused-ring (bicyclic) bond motifs is 1. The zero-order valence-electron chi connectivity index (χ0n) is 22.3. The summed E-state index contributed by atoms with van der Waals surface area (Å²) in [7, 11) is 0.586. The minimum Gasteiger partial charge on any atom is -0.497 e. The predicted octanol–water partition coefficient (Wildman–Crippen LogP) is 5.55. The summed E-state index contributed by atoms with van der Waals surface area (Å²) < 4.78 is 62.0. The highest BCUT2D eigenvalue weighted by molar-refractivity contribution is 6.65. The third kappa shape index (κ3) is 4.86. The molecule has 39 heavy (non-hydrogen) atoms. The Morgan fingerprint density at radius 2 is 1.74 bits per heavy atom. The SMILES string of the molecule is COc1ccc(CN2C(=O)NC(C#CC3CC3)(C(F)(F)F)c3cc(Cl)c(B4OC(C)(C)C(C)(C)O4)cc32)cc1. The number of alkyl halides is 3. The van der Waals surface area contributed by atoms with Crippen molar-refractivity contribution >= 4 is 35.9 Å². The van der Waals surface area contributed by atoms with E-state index in [-0.39, 0.29) is 28.7 Å². The van der Waals surface area contributed by atoms with Crippen molar-refractivity contribution in [1.29, 1.82) is 0 Å². The van der Waals surface area contributed by atoms with Crippen LogP contribution < -0.4 is 20.4 Å².